The number of carbonyl (C=O) groups is 3. The summed E-state index contributed by atoms with van der Waals surface area (Å²) in [4.78, 5) is 40.1. The highest BCUT2D eigenvalue weighted by Crippen LogP contribution is 2.60. The number of amides is 4. The largest absolute Gasteiger partial charge is 0.381 e. The fourth-order valence-corrected chi connectivity index (χ4v) is 17.9. The molecule has 4 N–H and O–H groups in total. The zero-order valence-corrected chi connectivity index (χ0v) is 40.2. The average Bonchev–Trinajstić information content (AvgIpc) is 3.37. The maximum Gasteiger partial charge on any atom is 0.314 e. The molecule has 6 aromatic carbocycles. The summed E-state index contributed by atoms with van der Waals surface area (Å²) in [6.45, 7) is 8.20. The lowest BCUT2D eigenvalue weighted by atomic mass is 10.3. The maximum atomic E-state index is 13.9. The molecule has 6 rings (SSSR count). The summed E-state index contributed by atoms with van der Waals surface area (Å²) in [5, 5.41) is 19.2. The molecule has 0 saturated carbocycles. The molecule has 0 bridgehead atoms. The van der Waals surface area contributed by atoms with Crippen LogP contribution >= 0.6 is 14.5 Å². The van der Waals surface area contributed by atoms with Crippen LogP contribution in [0.15, 0.2) is 182 Å². The fourth-order valence-electron chi connectivity index (χ4n) is 8.65. The smallest absolute Gasteiger partial charge is 0.314 e. The van der Waals surface area contributed by atoms with E-state index in [1.807, 2.05) is 36.4 Å². The Kier molecular flexibility index (Phi) is 19.9. The summed E-state index contributed by atoms with van der Waals surface area (Å²) in [6, 6.07) is 62.5. The minimum absolute atomic E-state index is 0.0306. The van der Waals surface area contributed by atoms with Crippen LogP contribution < -0.4 is 53.1 Å². The van der Waals surface area contributed by atoms with Crippen LogP contribution in [0.1, 0.15) is 39.5 Å². The Bertz CT molecular complexity index is 1970. The van der Waals surface area contributed by atoms with Crippen LogP contribution in [0.25, 0.3) is 0 Å². The van der Waals surface area contributed by atoms with E-state index in [9.17, 15) is 14.4 Å². The summed E-state index contributed by atoms with van der Waals surface area (Å²) in [5.74, 6) is 0.0612. The molecule has 0 aliphatic carbocycles. The molecule has 11 heteroatoms. The first kappa shape index (κ1) is 49.7. The van der Waals surface area contributed by atoms with E-state index in [0.29, 0.717) is 78.3 Å². The van der Waals surface area contributed by atoms with Gasteiger partial charge in [-0.25, -0.2) is 4.79 Å². The molecule has 2 unspecified atom stereocenters. The van der Waals surface area contributed by atoms with Crippen LogP contribution in [-0.4, -0.2) is 81.8 Å². The number of rotatable bonds is 26. The van der Waals surface area contributed by atoms with Crippen molar-refractivity contribution in [3.8, 4) is 0 Å². The molecule has 9 nitrogen and oxygen atoms in total. The van der Waals surface area contributed by atoms with Gasteiger partial charge in [0.2, 0.25) is 0 Å². The predicted molar refractivity (Wildman–Crippen MR) is 277 cm³/mol. The van der Waals surface area contributed by atoms with Gasteiger partial charge >= 0.3 is 6.03 Å². The van der Waals surface area contributed by atoms with Gasteiger partial charge < -0.3 is 30.7 Å². The molecule has 0 heterocycles. The van der Waals surface area contributed by atoms with Gasteiger partial charge in [0, 0.05) is 52.6 Å². The Balaban J connectivity index is 0.824. The van der Waals surface area contributed by atoms with Gasteiger partial charge in [0.25, 0.3) is 11.8 Å². The molecule has 0 aliphatic rings. The minimum atomic E-state index is -2.33. The summed E-state index contributed by atoms with van der Waals surface area (Å²) >= 11 is 0. The molecule has 0 saturated heterocycles. The third-order valence-electron chi connectivity index (χ3n) is 11.9. The monoisotopic (exact) mass is 924 g/mol. The molecule has 0 fully saturated rings. The summed E-state index contributed by atoms with van der Waals surface area (Å²) in [7, 11) is -4.66. The van der Waals surface area contributed by atoms with Crippen molar-refractivity contribution in [3.05, 3.63) is 182 Å². The minimum Gasteiger partial charge on any atom is -0.381 e. The molecule has 6 aromatic rings. The zero-order chi connectivity index (χ0) is 46.3. The molecule has 0 aromatic heterocycles. The van der Waals surface area contributed by atoms with Gasteiger partial charge in [-0.15, -0.1) is 0 Å². The second-order valence-electron chi connectivity index (χ2n) is 16.2. The third kappa shape index (κ3) is 12.8. The Morgan fingerprint density at radius 3 is 0.803 bits per heavy atom. The van der Waals surface area contributed by atoms with Crippen molar-refractivity contribution < 1.29 is 23.9 Å². The van der Waals surface area contributed by atoms with Crippen molar-refractivity contribution in [2.45, 2.75) is 50.8 Å². The van der Waals surface area contributed by atoms with Crippen LogP contribution in [-0.2, 0) is 19.1 Å². The first-order chi connectivity index (χ1) is 32.4. The molecule has 0 radical (unpaired) electrons. The fraction of sp³-hybridized carbons (Fsp3) is 0.291. The summed E-state index contributed by atoms with van der Waals surface area (Å²) in [5.41, 5.74) is -0.573. The lowest BCUT2D eigenvalue weighted by Crippen LogP contribution is -2.45. The topological polar surface area (TPSA) is 118 Å². The third-order valence-corrected chi connectivity index (χ3v) is 21.4. The van der Waals surface area contributed by atoms with Crippen LogP contribution in [0.5, 0.6) is 0 Å². The number of nitrogens with one attached hydrogen (secondary N) is 4. The van der Waals surface area contributed by atoms with Crippen molar-refractivity contribution in [2.75, 3.05) is 52.6 Å². The predicted octanol–water partition coefficient (Wildman–Crippen LogP) is 6.88. The Labute approximate surface area is 393 Å². The number of ether oxygens (including phenoxy) is 2. The van der Waals surface area contributed by atoms with Gasteiger partial charge in [0.1, 0.15) is 46.4 Å². The van der Waals surface area contributed by atoms with Crippen molar-refractivity contribution >= 4 is 64.2 Å². The lowest BCUT2D eigenvalue weighted by molar-refractivity contribution is -0.121. The van der Waals surface area contributed by atoms with E-state index >= 15 is 0 Å². The molecular weight excluding hydrogens is 859 g/mol. The van der Waals surface area contributed by atoms with Crippen LogP contribution in [0.3, 0.4) is 0 Å². The van der Waals surface area contributed by atoms with Crippen molar-refractivity contribution in [1.29, 1.82) is 0 Å². The molecular formula is C55H66N4O5P2+2. The van der Waals surface area contributed by atoms with Gasteiger partial charge in [-0.3, -0.25) is 9.59 Å². The van der Waals surface area contributed by atoms with Crippen molar-refractivity contribution in [3.63, 3.8) is 0 Å². The average molecular weight is 925 g/mol. The first-order valence-corrected chi connectivity index (χ1v) is 27.0. The van der Waals surface area contributed by atoms with Crippen LogP contribution in [0, 0.1) is 0 Å². The molecule has 66 heavy (non-hydrogen) atoms. The second kappa shape index (κ2) is 26.5. The highest BCUT2D eigenvalue weighted by Gasteiger charge is 2.54. The zero-order valence-electron chi connectivity index (χ0n) is 38.4. The van der Waals surface area contributed by atoms with Gasteiger partial charge in [-0.2, -0.15) is 0 Å². The number of benzene rings is 6. The van der Waals surface area contributed by atoms with Crippen molar-refractivity contribution in [1.82, 2.24) is 21.3 Å². The molecule has 0 spiro atoms. The van der Waals surface area contributed by atoms with Gasteiger partial charge in [-0.05, 0) is 112 Å². The van der Waals surface area contributed by atoms with Gasteiger partial charge in [0.15, 0.2) is 11.3 Å². The number of carbonyl (C=O) groups excluding carboxylic acids is 3. The van der Waals surface area contributed by atoms with E-state index < -0.39 is 14.5 Å². The molecule has 0 aliphatic heterocycles. The van der Waals surface area contributed by atoms with E-state index in [4.69, 9.17) is 9.47 Å². The van der Waals surface area contributed by atoms with Crippen LogP contribution in [0.4, 0.5) is 4.79 Å². The van der Waals surface area contributed by atoms with E-state index in [0.717, 1.165) is 0 Å². The summed E-state index contributed by atoms with van der Waals surface area (Å²) < 4.78 is 11.7. The first-order valence-electron chi connectivity index (χ1n) is 23.2. The Morgan fingerprint density at radius 2 is 0.576 bits per heavy atom. The van der Waals surface area contributed by atoms with E-state index in [2.05, 4.69) is 181 Å². The number of hydrogen-bond acceptors (Lipinski definition) is 5. The SMILES string of the molecule is CC(C(=O)NCCCOCCCNC(=O)NCCCOCCCNC(=O)C(C)[P+](c1ccccc1)(c1ccccc1)c1ccccc1)[P+](c1ccccc1)(c1ccccc1)c1ccccc1. The van der Waals surface area contributed by atoms with E-state index in [1.165, 1.54) is 31.8 Å². The van der Waals surface area contributed by atoms with Crippen molar-refractivity contribution in [2.24, 2.45) is 0 Å². The lowest BCUT2D eigenvalue weighted by Gasteiger charge is -2.32. The van der Waals surface area contributed by atoms with E-state index in [-0.39, 0.29) is 29.2 Å². The summed E-state index contributed by atoms with van der Waals surface area (Å²) in [6.07, 6.45) is 2.74. The van der Waals surface area contributed by atoms with Crippen LogP contribution in [0.2, 0.25) is 0 Å². The van der Waals surface area contributed by atoms with Gasteiger partial charge in [0.05, 0.1) is 0 Å². The maximum absolute atomic E-state index is 13.9. The normalized spacial score (nSPS) is 12.4. The second-order valence-corrected chi connectivity index (χ2v) is 23.8. The standard InChI is InChI=1S/C55H64N4O5P2/c1-45(65(47-25-9-3-10-26-47,48-27-11-4-12-28-48)49-29-13-5-14-30-49)53(60)56-37-21-41-63-43-23-39-58-55(62)59-40-24-44-64-42-22-38-57-54(61)46(2)66(50-31-15-6-16-32-50,51-33-17-7-18-34-51)52-35-19-8-20-36-52/h3-20,25-36,45-46H,21-24,37-44H2,1-2H3,(H2-2,56,57,58,59,60,61,62)/p+2. The Morgan fingerprint density at radius 1 is 0.364 bits per heavy atom. The van der Waals surface area contributed by atoms with E-state index in [1.54, 1.807) is 0 Å². The van der Waals surface area contributed by atoms with Gasteiger partial charge in [-0.1, -0.05) is 109 Å². The number of hydrogen-bond donors (Lipinski definition) is 4. The highest BCUT2D eigenvalue weighted by atomic mass is 31.2. The highest BCUT2D eigenvalue weighted by molar-refractivity contribution is 7.97. The molecule has 4 amide bonds. The molecule has 344 valence electrons. The number of urea groups is 1. The quantitative estimate of drug-likeness (QED) is 0.0350. The Hall–Kier alpha value is -5.69. The molecule has 2 atom stereocenters.